The van der Waals surface area contributed by atoms with Crippen LogP contribution in [0.15, 0.2) is 35.1 Å². The summed E-state index contributed by atoms with van der Waals surface area (Å²) >= 11 is 0. The van der Waals surface area contributed by atoms with E-state index in [2.05, 4.69) is 52.5 Å². The summed E-state index contributed by atoms with van der Waals surface area (Å²) in [5, 5.41) is 6.97. The van der Waals surface area contributed by atoms with Gasteiger partial charge in [0.25, 0.3) is 0 Å². The third-order valence-electron chi connectivity index (χ3n) is 5.03. The van der Waals surface area contributed by atoms with Gasteiger partial charge in [0.15, 0.2) is 0 Å². The first kappa shape index (κ1) is 15.8. The summed E-state index contributed by atoms with van der Waals surface area (Å²) in [6.45, 7) is 10.0. The van der Waals surface area contributed by atoms with Crippen LogP contribution in [0, 0.1) is 0 Å². The Balaban J connectivity index is 1.79. The number of hydrogen-bond acceptors (Lipinski definition) is 4. The van der Waals surface area contributed by atoms with Crippen LogP contribution in [0.4, 0.5) is 0 Å². The van der Waals surface area contributed by atoms with Crippen LogP contribution >= 0.6 is 0 Å². The summed E-state index contributed by atoms with van der Waals surface area (Å²) in [5.41, 5.74) is 4.54. The molecule has 2 N–H and O–H groups in total. The van der Waals surface area contributed by atoms with Crippen LogP contribution in [0.25, 0.3) is 0 Å². The monoisotopic (exact) mass is 302 g/mol. The number of allylic oxidation sites excluding steroid dienone is 3. The van der Waals surface area contributed by atoms with Crippen molar-refractivity contribution < 1.29 is 0 Å². The highest BCUT2D eigenvalue weighted by Gasteiger charge is 2.29. The quantitative estimate of drug-likeness (QED) is 0.827. The van der Waals surface area contributed by atoms with Crippen molar-refractivity contribution in [2.75, 3.05) is 39.9 Å². The molecular weight excluding hydrogens is 272 g/mol. The molecule has 0 saturated carbocycles. The van der Waals surface area contributed by atoms with E-state index < -0.39 is 0 Å². The lowest BCUT2D eigenvalue weighted by atomic mass is 9.93. The largest absolute Gasteiger partial charge is 0.357 e. The van der Waals surface area contributed by atoms with Crippen LogP contribution in [0.3, 0.4) is 0 Å². The Morgan fingerprint density at radius 2 is 2.23 bits per heavy atom. The lowest BCUT2D eigenvalue weighted by Crippen LogP contribution is -2.43. The van der Waals surface area contributed by atoms with Crippen LogP contribution in [-0.4, -0.2) is 61.8 Å². The molecule has 0 bridgehead atoms. The first-order valence-corrected chi connectivity index (χ1v) is 8.65. The normalized spacial score (nSPS) is 26.5. The second kappa shape index (κ2) is 6.99. The number of nitrogens with zero attached hydrogens (tertiary/aromatic N) is 2. The van der Waals surface area contributed by atoms with E-state index in [1.807, 2.05) is 7.05 Å². The van der Waals surface area contributed by atoms with Crippen LogP contribution in [0.1, 0.15) is 26.7 Å². The molecule has 22 heavy (non-hydrogen) atoms. The molecule has 4 heteroatoms. The zero-order valence-corrected chi connectivity index (χ0v) is 14.2. The third kappa shape index (κ3) is 3.29. The van der Waals surface area contributed by atoms with Gasteiger partial charge in [-0.25, -0.2) is 0 Å². The Morgan fingerprint density at radius 1 is 1.36 bits per heavy atom. The molecule has 0 spiro atoms. The molecular formula is C18H30N4. The maximum Gasteiger partial charge on any atom is 0.0710 e. The average Bonchev–Trinajstić information content (AvgIpc) is 2.90. The first-order chi connectivity index (χ1) is 10.7. The summed E-state index contributed by atoms with van der Waals surface area (Å²) in [5.74, 6) is 0. The Labute approximate surface area is 134 Å². The molecule has 2 heterocycles. The molecule has 4 nitrogen and oxygen atoms in total. The highest BCUT2D eigenvalue weighted by molar-refractivity contribution is 5.45. The van der Waals surface area contributed by atoms with Crippen LogP contribution in [0.5, 0.6) is 0 Å². The van der Waals surface area contributed by atoms with E-state index in [0.717, 1.165) is 39.1 Å². The number of likely N-dealkylation sites (N-methyl/N-ethyl adjacent to an activating group) is 1. The van der Waals surface area contributed by atoms with Crippen LogP contribution < -0.4 is 10.6 Å². The van der Waals surface area contributed by atoms with Crippen LogP contribution in [0.2, 0.25) is 0 Å². The maximum atomic E-state index is 3.66. The van der Waals surface area contributed by atoms with Crippen molar-refractivity contribution in [1.82, 2.24) is 20.4 Å². The van der Waals surface area contributed by atoms with Gasteiger partial charge in [0, 0.05) is 44.0 Å². The fourth-order valence-electron chi connectivity index (χ4n) is 3.69. The number of rotatable bonds is 4. The summed E-state index contributed by atoms with van der Waals surface area (Å²) in [4.78, 5) is 5.15. The zero-order chi connectivity index (χ0) is 15.5. The summed E-state index contributed by atoms with van der Waals surface area (Å²) in [6.07, 6.45) is 9.25. The lowest BCUT2D eigenvalue weighted by molar-refractivity contribution is 0.234. The molecule has 1 aliphatic carbocycles. The van der Waals surface area contributed by atoms with Gasteiger partial charge >= 0.3 is 0 Å². The fraction of sp³-hybridized carbons (Fsp3) is 0.667. The van der Waals surface area contributed by atoms with Crippen molar-refractivity contribution in [3.8, 4) is 0 Å². The van der Waals surface area contributed by atoms with Crippen LogP contribution in [-0.2, 0) is 0 Å². The predicted octanol–water partition coefficient (Wildman–Crippen LogP) is 1.69. The molecule has 3 aliphatic rings. The molecule has 3 rings (SSSR count). The minimum Gasteiger partial charge on any atom is -0.357 e. The Kier molecular flexibility index (Phi) is 5.01. The third-order valence-corrected chi connectivity index (χ3v) is 5.03. The molecule has 0 aromatic rings. The van der Waals surface area contributed by atoms with Crippen molar-refractivity contribution in [2.45, 2.75) is 38.8 Å². The Bertz CT molecular complexity index is 489. The van der Waals surface area contributed by atoms with Gasteiger partial charge in [0.1, 0.15) is 0 Å². The van der Waals surface area contributed by atoms with E-state index >= 15 is 0 Å². The Hall–Kier alpha value is -1.10. The molecule has 1 saturated heterocycles. The maximum absolute atomic E-state index is 3.66. The smallest absolute Gasteiger partial charge is 0.0710 e. The minimum absolute atomic E-state index is 0.544. The van der Waals surface area contributed by atoms with Gasteiger partial charge in [-0.05, 0) is 44.9 Å². The Morgan fingerprint density at radius 3 is 2.95 bits per heavy atom. The van der Waals surface area contributed by atoms with E-state index in [4.69, 9.17) is 0 Å². The fourth-order valence-corrected chi connectivity index (χ4v) is 3.69. The lowest BCUT2D eigenvalue weighted by Gasteiger charge is -2.32. The standard InChI is InChI=1S/C18H30N4/c1-14(2)21-8-9-22(13-21)18-7-5-4-6-15-11-20-16(12-19-3)10-17(15)18/h4,6-7,14,16,19-20H,5,8-13H2,1-3H3. The molecule has 1 atom stereocenters. The first-order valence-electron chi connectivity index (χ1n) is 8.65. The molecule has 0 amide bonds. The summed E-state index contributed by atoms with van der Waals surface area (Å²) < 4.78 is 0. The predicted molar refractivity (Wildman–Crippen MR) is 92.6 cm³/mol. The van der Waals surface area contributed by atoms with Gasteiger partial charge in [0.05, 0.1) is 6.67 Å². The second-order valence-electron chi connectivity index (χ2n) is 6.88. The molecule has 1 unspecified atom stereocenters. The van der Waals surface area contributed by atoms with E-state index in [0.29, 0.717) is 12.1 Å². The van der Waals surface area contributed by atoms with Gasteiger partial charge in [-0.2, -0.15) is 0 Å². The summed E-state index contributed by atoms with van der Waals surface area (Å²) in [7, 11) is 2.04. The van der Waals surface area contributed by atoms with Gasteiger partial charge in [-0.15, -0.1) is 0 Å². The summed E-state index contributed by atoms with van der Waals surface area (Å²) in [6, 6.07) is 1.18. The highest BCUT2D eigenvalue weighted by Crippen LogP contribution is 2.31. The van der Waals surface area contributed by atoms with Gasteiger partial charge in [-0.1, -0.05) is 18.2 Å². The highest BCUT2D eigenvalue weighted by atomic mass is 15.4. The van der Waals surface area contributed by atoms with Gasteiger partial charge < -0.3 is 15.5 Å². The zero-order valence-electron chi connectivity index (χ0n) is 14.2. The van der Waals surface area contributed by atoms with Crippen molar-refractivity contribution in [3.63, 3.8) is 0 Å². The number of hydrogen-bond donors (Lipinski definition) is 2. The molecule has 0 aromatic heterocycles. The van der Waals surface area contributed by atoms with E-state index in [1.165, 1.54) is 17.8 Å². The van der Waals surface area contributed by atoms with Gasteiger partial charge in [0.2, 0.25) is 0 Å². The topological polar surface area (TPSA) is 30.5 Å². The SMILES string of the molecule is CNCC1CC2=C(C=CCC=C2N2CCN(C(C)C)C2)CN1. The van der Waals surface area contributed by atoms with Crippen molar-refractivity contribution in [1.29, 1.82) is 0 Å². The second-order valence-corrected chi connectivity index (χ2v) is 6.88. The van der Waals surface area contributed by atoms with Crippen molar-refractivity contribution in [2.24, 2.45) is 0 Å². The molecule has 0 radical (unpaired) electrons. The van der Waals surface area contributed by atoms with E-state index in [1.54, 1.807) is 5.57 Å². The minimum atomic E-state index is 0.544. The molecule has 0 aromatic carbocycles. The molecule has 1 fully saturated rings. The van der Waals surface area contributed by atoms with E-state index in [-0.39, 0.29) is 0 Å². The van der Waals surface area contributed by atoms with E-state index in [9.17, 15) is 0 Å². The average molecular weight is 302 g/mol. The van der Waals surface area contributed by atoms with Crippen molar-refractivity contribution in [3.05, 3.63) is 35.1 Å². The number of nitrogens with one attached hydrogen (secondary N) is 2. The van der Waals surface area contributed by atoms with Gasteiger partial charge in [-0.3, -0.25) is 4.90 Å². The van der Waals surface area contributed by atoms with Crippen molar-refractivity contribution >= 4 is 0 Å². The molecule has 2 aliphatic heterocycles. The molecule has 122 valence electrons.